The molecule has 0 aromatic heterocycles. The summed E-state index contributed by atoms with van der Waals surface area (Å²) >= 11 is 3.27. The number of hydrogen-bond donors (Lipinski definition) is 3. The van der Waals surface area contributed by atoms with Gasteiger partial charge < -0.3 is 15.9 Å². The Hall–Kier alpha value is -2.34. The quantitative estimate of drug-likeness (QED) is 0.708. The normalized spacial score (nSPS) is 13.3. The van der Waals surface area contributed by atoms with Crippen molar-refractivity contribution in [2.45, 2.75) is 11.8 Å². The number of hydrogen-bond acceptors (Lipinski definition) is 3. The molecule has 6 heteroatoms. The van der Waals surface area contributed by atoms with Crippen LogP contribution in [-0.2, 0) is 9.59 Å². The van der Waals surface area contributed by atoms with Crippen LogP contribution in [0, 0.1) is 0 Å². The molecule has 0 saturated heterocycles. The largest absolute Gasteiger partial charge is 0.481 e. The average molecular weight is 364 g/mol. The maximum absolute atomic E-state index is 11.7. The molecule has 0 aliphatic carbocycles. The third-order valence-electron chi connectivity index (χ3n) is 3.34. The number of nitrogen functional groups attached to an aromatic ring is 1. The van der Waals surface area contributed by atoms with Gasteiger partial charge in [-0.15, -0.1) is 0 Å². The van der Waals surface area contributed by atoms with E-state index in [0.29, 0.717) is 21.3 Å². The lowest BCUT2D eigenvalue weighted by molar-refractivity contribution is -0.147. The number of rotatable bonds is 5. The van der Waals surface area contributed by atoms with Gasteiger partial charge in [-0.1, -0.05) is 40.2 Å². The van der Waals surface area contributed by atoms with Gasteiger partial charge in [-0.25, -0.2) is 0 Å². The second-order valence-electron chi connectivity index (χ2n) is 4.86. The summed E-state index contributed by atoms with van der Waals surface area (Å²) in [5.74, 6) is -4.85. The van der Waals surface area contributed by atoms with Crippen LogP contribution in [0.2, 0.25) is 0 Å². The predicted molar refractivity (Wildman–Crippen MR) is 85.8 cm³/mol. The van der Waals surface area contributed by atoms with E-state index in [2.05, 4.69) is 15.9 Å². The fourth-order valence-electron chi connectivity index (χ4n) is 2.41. The lowest BCUT2D eigenvalue weighted by atomic mass is 9.81. The minimum Gasteiger partial charge on any atom is -0.481 e. The number of carboxylic acid groups (broad SMARTS) is 2. The number of nitrogens with two attached hydrogens (primary N) is 1. The van der Waals surface area contributed by atoms with Gasteiger partial charge in [-0.2, -0.15) is 0 Å². The first-order valence-electron chi connectivity index (χ1n) is 6.46. The van der Waals surface area contributed by atoms with Crippen molar-refractivity contribution in [3.8, 4) is 0 Å². The van der Waals surface area contributed by atoms with E-state index in [0.717, 1.165) is 0 Å². The SMILES string of the molecule is Nc1cccc(C(C(=O)O)C(C(=O)O)c2cccc(Br)c2)c1. The number of aliphatic carboxylic acids is 2. The van der Waals surface area contributed by atoms with Crippen LogP contribution in [0.3, 0.4) is 0 Å². The van der Waals surface area contributed by atoms with Gasteiger partial charge in [0.25, 0.3) is 0 Å². The zero-order valence-electron chi connectivity index (χ0n) is 11.4. The van der Waals surface area contributed by atoms with Crippen molar-refractivity contribution in [1.29, 1.82) is 0 Å². The minimum atomic E-state index is -1.23. The summed E-state index contributed by atoms with van der Waals surface area (Å²) in [7, 11) is 0. The molecule has 0 aliphatic rings. The third kappa shape index (κ3) is 3.46. The van der Waals surface area contributed by atoms with Crippen molar-refractivity contribution < 1.29 is 19.8 Å². The van der Waals surface area contributed by atoms with Crippen LogP contribution < -0.4 is 5.73 Å². The molecule has 0 heterocycles. The van der Waals surface area contributed by atoms with E-state index >= 15 is 0 Å². The lowest BCUT2D eigenvalue weighted by Crippen LogP contribution is -2.26. The Bertz CT molecular complexity index is 655. The second kappa shape index (κ2) is 6.62. The van der Waals surface area contributed by atoms with Crippen molar-refractivity contribution >= 4 is 33.6 Å². The van der Waals surface area contributed by atoms with Gasteiger partial charge in [0.05, 0.1) is 11.8 Å². The van der Waals surface area contributed by atoms with Crippen molar-refractivity contribution in [2.24, 2.45) is 0 Å². The minimum absolute atomic E-state index is 0.361. The molecule has 0 saturated carbocycles. The summed E-state index contributed by atoms with van der Waals surface area (Å²) in [5, 5.41) is 19.1. The van der Waals surface area contributed by atoms with Gasteiger partial charge in [-0.3, -0.25) is 9.59 Å². The molecule has 22 heavy (non-hydrogen) atoms. The Morgan fingerprint density at radius 3 is 1.86 bits per heavy atom. The number of carbonyl (C=O) groups is 2. The lowest BCUT2D eigenvalue weighted by Gasteiger charge is -2.21. The van der Waals surface area contributed by atoms with Crippen molar-refractivity contribution in [3.63, 3.8) is 0 Å². The van der Waals surface area contributed by atoms with E-state index in [1.54, 1.807) is 42.5 Å². The zero-order valence-corrected chi connectivity index (χ0v) is 13.0. The highest BCUT2D eigenvalue weighted by Gasteiger charge is 2.36. The van der Waals surface area contributed by atoms with Crippen molar-refractivity contribution in [2.75, 3.05) is 5.73 Å². The molecule has 0 spiro atoms. The second-order valence-corrected chi connectivity index (χ2v) is 5.77. The Labute approximate surface area is 135 Å². The van der Waals surface area contributed by atoms with Gasteiger partial charge in [0.1, 0.15) is 0 Å². The number of carboxylic acids is 2. The molecule has 2 unspecified atom stereocenters. The molecule has 0 aliphatic heterocycles. The molecule has 0 fully saturated rings. The number of anilines is 1. The molecule has 2 aromatic carbocycles. The third-order valence-corrected chi connectivity index (χ3v) is 3.84. The Balaban J connectivity index is 2.56. The molecule has 0 amide bonds. The summed E-state index contributed by atoms with van der Waals surface area (Å²) in [5.41, 5.74) is 6.85. The Morgan fingerprint density at radius 2 is 1.41 bits per heavy atom. The molecule has 2 aromatic rings. The van der Waals surface area contributed by atoms with Crippen LogP contribution in [0.15, 0.2) is 53.0 Å². The van der Waals surface area contributed by atoms with E-state index in [9.17, 15) is 19.8 Å². The van der Waals surface area contributed by atoms with Gasteiger partial charge in [-0.05, 0) is 35.4 Å². The summed E-state index contributed by atoms with van der Waals surface area (Å²) < 4.78 is 0.688. The molecule has 2 rings (SSSR count). The maximum atomic E-state index is 11.7. The fourth-order valence-corrected chi connectivity index (χ4v) is 2.82. The van der Waals surface area contributed by atoms with Crippen LogP contribution in [0.25, 0.3) is 0 Å². The molecular formula is C16H14BrNO4. The number of benzene rings is 2. The predicted octanol–water partition coefficient (Wildman–Crippen LogP) is 3.07. The van der Waals surface area contributed by atoms with Crippen LogP contribution in [-0.4, -0.2) is 22.2 Å². The summed E-state index contributed by atoms with van der Waals surface area (Å²) in [6.07, 6.45) is 0. The van der Waals surface area contributed by atoms with E-state index in [1.807, 2.05) is 0 Å². The standard InChI is InChI=1S/C16H14BrNO4/c17-11-5-1-3-9(7-11)13(15(19)20)14(16(21)22)10-4-2-6-12(18)8-10/h1-8,13-14H,18H2,(H,19,20)(H,21,22). The summed E-state index contributed by atoms with van der Waals surface area (Å²) in [6, 6.07) is 12.9. The maximum Gasteiger partial charge on any atom is 0.312 e. The topological polar surface area (TPSA) is 101 Å². The van der Waals surface area contributed by atoms with E-state index in [1.165, 1.54) is 6.07 Å². The first-order valence-corrected chi connectivity index (χ1v) is 7.26. The van der Waals surface area contributed by atoms with Crippen LogP contribution >= 0.6 is 15.9 Å². The zero-order chi connectivity index (χ0) is 16.3. The molecule has 4 N–H and O–H groups in total. The van der Waals surface area contributed by atoms with E-state index < -0.39 is 23.8 Å². The fraction of sp³-hybridized carbons (Fsp3) is 0.125. The first-order chi connectivity index (χ1) is 10.4. The molecule has 2 atom stereocenters. The molecule has 0 radical (unpaired) electrons. The van der Waals surface area contributed by atoms with Crippen LogP contribution in [0.5, 0.6) is 0 Å². The van der Waals surface area contributed by atoms with Gasteiger partial charge >= 0.3 is 11.9 Å². The number of halogens is 1. The molecule has 5 nitrogen and oxygen atoms in total. The van der Waals surface area contributed by atoms with Crippen LogP contribution in [0.1, 0.15) is 23.0 Å². The smallest absolute Gasteiger partial charge is 0.312 e. The monoisotopic (exact) mass is 363 g/mol. The van der Waals surface area contributed by atoms with Gasteiger partial charge in [0, 0.05) is 10.2 Å². The highest BCUT2D eigenvalue weighted by Crippen LogP contribution is 2.35. The summed E-state index contributed by atoms with van der Waals surface area (Å²) in [4.78, 5) is 23.4. The van der Waals surface area contributed by atoms with Crippen LogP contribution in [0.4, 0.5) is 5.69 Å². The Kier molecular flexibility index (Phi) is 4.82. The van der Waals surface area contributed by atoms with Crippen molar-refractivity contribution in [1.82, 2.24) is 0 Å². The van der Waals surface area contributed by atoms with Gasteiger partial charge in [0.15, 0.2) is 0 Å². The van der Waals surface area contributed by atoms with E-state index in [-0.39, 0.29) is 0 Å². The molecular weight excluding hydrogens is 350 g/mol. The molecule has 114 valence electrons. The van der Waals surface area contributed by atoms with E-state index in [4.69, 9.17) is 5.73 Å². The highest BCUT2D eigenvalue weighted by atomic mass is 79.9. The molecule has 0 bridgehead atoms. The highest BCUT2D eigenvalue weighted by molar-refractivity contribution is 9.10. The van der Waals surface area contributed by atoms with Gasteiger partial charge in [0.2, 0.25) is 0 Å². The average Bonchev–Trinajstić information content (AvgIpc) is 2.43. The Morgan fingerprint density at radius 1 is 0.909 bits per heavy atom. The van der Waals surface area contributed by atoms with Crippen molar-refractivity contribution in [3.05, 3.63) is 64.1 Å². The first kappa shape index (κ1) is 16.0. The summed E-state index contributed by atoms with van der Waals surface area (Å²) in [6.45, 7) is 0.